The van der Waals surface area contributed by atoms with Crippen LogP contribution in [0.25, 0.3) is 0 Å². The predicted octanol–water partition coefficient (Wildman–Crippen LogP) is 0.688. The Kier molecular flexibility index (Phi) is 6.34. The molecule has 0 N–H and O–H groups in total. The zero-order valence-electron chi connectivity index (χ0n) is 13.3. The lowest BCUT2D eigenvalue weighted by molar-refractivity contribution is -0.112. The lowest BCUT2D eigenvalue weighted by Gasteiger charge is -2.32. The molecule has 0 aliphatic carbocycles. The second-order valence-corrected chi connectivity index (χ2v) is 6.09. The van der Waals surface area contributed by atoms with Gasteiger partial charge in [0.05, 0.1) is 18.1 Å². The number of tetrazole rings is 1. The number of rotatable bonds is 7. The Morgan fingerprint density at radius 2 is 2.39 bits per heavy atom. The Labute approximate surface area is 140 Å². The van der Waals surface area contributed by atoms with Crippen molar-refractivity contribution >= 4 is 25.0 Å². The predicted molar refractivity (Wildman–Crippen MR) is 85.0 cm³/mol. The van der Waals surface area contributed by atoms with Crippen LogP contribution in [0.5, 0.6) is 6.01 Å². The monoisotopic (exact) mass is 342 g/mol. The molecule has 1 amide bonds. The molecule has 0 bridgehead atoms. The molecule has 1 saturated heterocycles. The average molecular weight is 342 g/mol. The second kappa shape index (κ2) is 8.25. The molecule has 9 nitrogen and oxygen atoms in total. The third-order valence-corrected chi connectivity index (χ3v) is 4.34. The standard InChI is InChI=1S/C13H22N6O3S/c1-3-5-11(23)19(9-18-7-4-6-10(18)8-20)13(21)22-12-14-15-16-17(12)2/h8,10-11,23H,3-7,9H2,1-2H3/t10-,11?/m1/s1. The smallest absolute Gasteiger partial charge is 0.373 e. The summed E-state index contributed by atoms with van der Waals surface area (Å²) in [6.45, 7) is 3.08. The first-order valence-electron chi connectivity index (χ1n) is 7.65. The molecule has 1 fully saturated rings. The van der Waals surface area contributed by atoms with Crippen molar-refractivity contribution in [1.29, 1.82) is 0 Å². The van der Waals surface area contributed by atoms with Gasteiger partial charge in [-0.2, -0.15) is 17.3 Å². The summed E-state index contributed by atoms with van der Waals surface area (Å²) in [5.41, 5.74) is 0. The molecule has 0 radical (unpaired) electrons. The fraction of sp³-hybridized carbons (Fsp3) is 0.769. The molecule has 23 heavy (non-hydrogen) atoms. The molecule has 0 aromatic carbocycles. The van der Waals surface area contributed by atoms with Crippen LogP contribution in [0, 0.1) is 0 Å². The highest BCUT2D eigenvalue weighted by Crippen LogP contribution is 2.20. The van der Waals surface area contributed by atoms with E-state index in [4.69, 9.17) is 4.74 Å². The zero-order valence-corrected chi connectivity index (χ0v) is 14.2. The number of nitrogens with zero attached hydrogens (tertiary/aromatic N) is 6. The van der Waals surface area contributed by atoms with Crippen molar-refractivity contribution in [3.8, 4) is 6.01 Å². The van der Waals surface area contributed by atoms with Crippen molar-refractivity contribution in [2.24, 2.45) is 7.05 Å². The maximum atomic E-state index is 12.5. The minimum atomic E-state index is -0.576. The largest absolute Gasteiger partial charge is 0.419 e. The molecule has 1 aromatic heterocycles. The summed E-state index contributed by atoms with van der Waals surface area (Å²) < 4.78 is 6.52. The number of carbonyl (C=O) groups is 2. The van der Waals surface area contributed by atoms with Crippen LogP contribution in [-0.4, -0.2) is 67.0 Å². The molecule has 2 heterocycles. The summed E-state index contributed by atoms with van der Waals surface area (Å²) in [7, 11) is 1.58. The van der Waals surface area contributed by atoms with Crippen LogP contribution in [0.2, 0.25) is 0 Å². The second-order valence-electron chi connectivity index (χ2n) is 5.49. The van der Waals surface area contributed by atoms with Crippen LogP contribution in [0.4, 0.5) is 4.79 Å². The van der Waals surface area contributed by atoms with Crippen molar-refractivity contribution < 1.29 is 14.3 Å². The maximum Gasteiger partial charge on any atom is 0.419 e. The van der Waals surface area contributed by atoms with Gasteiger partial charge in [0.15, 0.2) is 0 Å². The van der Waals surface area contributed by atoms with Crippen LogP contribution in [0.1, 0.15) is 32.6 Å². The van der Waals surface area contributed by atoms with E-state index in [0.29, 0.717) is 6.67 Å². The number of amides is 1. The van der Waals surface area contributed by atoms with E-state index in [-0.39, 0.29) is 17.4 Å². The molecule has 1 aliphatic heterocycles. The Morgan fingerprint density at radius 3 is 3.00 bits per heavy atom. The Morgan fingerprint density at radius 1 is 1.61 bits per heavy atom. The summed E-state index contributed by atoms with van der Waals surface area (Å²) in [5.74, 6) is 0. The molecule has 1 aliphatic rings. The highest BCUT2D eigenvalue weighted by atomic mass is 32.1. The zero-order chi connectivity index (χ0) is 16.8. The molecule has 0 saturated carbocycles. The Hall–Kier alpha value is -1.68. The van der Waals surface area contributed by atoms with E-state index in [1.807, 2.05) is 11.8 Å². The van der Waals surface area contributed by atoms with Crippen LogP contribution >= 0.6 is 12.6 Å². The maximum absolute atomic E-state index is 12.5. The van der Waals surface area contributed by atoms with Gasteiger partial charge in [-0.15, -0.1) is 0 Å². The van der Waals surface area contributed by atoms with Gasteiger partial charge in [0, 0.05) is 13.6 Å². The number of hydrogen-bond donors (Lipinski definition) is 1. The number of carbonyl (C=O) groups excluding carboxylic acids is 2. The van der Waals surface area contributed by atoms with Gasteiger partial charge in [-0.1, -0.05) is 18.4 Å². The first-order chi connectivity index (χ1) is 11.1. The highest BCUT2D eigenvalue weighted by Gasteiger charge is 2.31. The van der Waals surface area contributed by atoms with Crippen LogP contribution in [0.3, 0.4) is 0 Å². The van der Waals surface area contributed by atoms with Crippen molar-refractivity contribution in [3.63, 3.8) is 0 Å². The molecule has 2 atom stereocenters. The third kappa shape index (κ3) is 4.41. The van der Waals surface area contributed by atoms with Crippen LogP contribution in [-0.2, 0) is 11.8 Å². The van der Waals surface area contributed by atoms with Crippen LogP contribution in [0.15, 0.2) is 0 Å². The SMILES string of the molecule is CCCC(S)N(CN1CCC[C@@H]1C=O)C(=O)Oc1nnnn1C. The number of aromatic nitrogens is 4. The number of thiol groups is 1. The number of hydrogen-bond acceptors (Lipinski definition) is 8. The van der Waals surface area contributed by atoms with E-state index < -0.39 is 6.09 Å². The first kappa shape index (κ1) is 17.7. The molecular formula is C13H22N6O3S. The summed E-state index contributed by atoms with van der Waals surface area (Å²) in [6.07, 6.45) is 3.69. The van der Waals surface area contributed by atoms with Crippen molar-refractivity contribution in [3.05, 3.63) is 0 Å². The van der Waals surface area contributed by atoms with E-state index in [1.54, 1.807) is 7.05 Å². The van der Waals surface area contributed by atoms with Gasteiger partial charge < -0.3 is 9.53 Å². The van der Waals surface area contributed by atoms with Gasteiger partial charge in [0.1, 0.15) is 6.29 Å². The van der Waals surface area contributed by atoms with Crippen molar-refractivity contribution in [2.45, 2.75) is 44.0 Å². The molecule has 0 spiro atoms. The number of aryl methyl sites for hydroxylation is 1. The molecular weight excluding hydrogens is 320 g/mol. The molecule has 10 heteroatoms. The minimum absolute atomic E-state index is 0.0189. The van der Waals surface area contributed by atoms with Gasteiger partial charge in [-0.05, 0) is 29.7 Å². The Balaban J connectivity index is 2.08. The molecule has 1 aromatic rings. The van der Waals surface area contributed by atoms with E-state index in [0.717, 1.165) is 38.5 Å². The Bertz CT molecular complexity index is 540. The summed E-state index contributed by atoms with van der Waals surface area (Å²) in [5, 5.41) is 10.4. The fourth-order valence-electron chi connectivity index (χ4n) is 2.51. The van der Waals surface area contributed by atoms with Gasteiger partial charge in [-0.25, -0.2) is 4.79 Å². The minimum Gasteiger partial charge on any atom is -0.373 e. The lowest BCUT2D eigenvalue weighted by Crippen LogP contribution is -2.48. The average Bonchev–Trinajstić information content (AvgIpc) is 3.14. The quantitative estimate of drug-likeness (QED) is 0.442. The van der Waals surface area contributed by atoms with Gasteiger partial charge >= 0.3 is 12.1 Å². The van der Waals surface area contributed by atoms with E-state index in [1.165, 1.54) is 9.58 Å². The number of likely N-dealkylation sites (tertiary alicyclic amines) is 1. The van der Waals surface area contributed by atoms with Gasteiger partial charge in [0.2, 0.25) is 0 Å². The molecule has 1 unspecified atom stereocenters. The van der Waals surface area contributed by atoms with Crippen molar-refractivity contribution in [2.75, 3.05) is 13.2 Å². The van der Waals surface area contributed by atoms with E-state index >= 15 is 0 Å². The van der Waals surface area contributed by atoms with Gasteiger partial charge in [0.25, 0.3) is 0 Å². The third-order valence-electron chi connectivity index (χ3n) is 3.81. The van der Waals surface area contributed by atoms with E-state index in [2.05, 4.69) is 28.2 Å². The van der Waals surface area contributed by atoms with Gasteiger partial charge in [-0.3, -0.25) is 9.80 Å². The first-order valence-corrected chi connectivity index (χ1v) is 8.16. The topological polar surface area (TPSA) is 93.5 Å². The summed E-state index contributed by atoms with van der Waals surface area (Å²) >= 11 is 4.50. The van der Waals surface area contributed by atoms with Crippen LogP contribution < -0.4 is 4.74 Å². The highest BCUT2D eigenvalue weighted by molar-refractivity contribution is 7.80. The molecule has 2 rings (SSSR count). The lowest BCUT2D eigenvalue weighted by atomic mass is 10.2. The summed E-state index contributed by atoms with van der Waals surface area (Å²) in [4.78, 5) is 27.1. The number of ether oxygens (including phenoxy) is 1. The molecule has 128 valence electrons. The van der Waals surface area contributed by atoms with E-state index in [9.17, 15) is 9.59 Å². The normalized spacial score (nSPS) is 19.5. The number of aldehydes is 1. The fourth-order valence-corrected chi connectivity index (χ4v) is 2.93. The summed E-state index contributed by atoms with van der Waals surface area (Å²) in [6, 6.07) is -0.144. The van der Waals surface area contributed by atoms with Crippen molar-refractivity contribution in [1.82, 2.24) is 30.0 Å².